The van der Waals surface area contributed by atoms with Crippen LogP contribution in [0.15, 0.2) is 12.1 Å². The Bertz CT molecular complexity index is 312. The standard InChI is InChI=1S/C12H20ClNOS/c1-12(2,9-14-6-7-15-3)8-10-4-5-11(13)16-10/h4-5,14H,6-9H2,1-3H3. The molecule has 0 atom stereocenters. The highest BCUT2D eigenvalue weighted by Gasteiger charge is 2.18. The number of rotatable bonds is 7. The van der Waals surface area contributed by atoms with E-state index in [1.807, 2.05) is 6.07 Å². The number of hydrogen-bond donors (Lipinski definition) is 1. The second kappa shape index (κ2) is 6.60. The molecule has 0 spiro atoms. The molecule has 0 amide bonds. The minimum absolute atomic E-state index is 0.252. The van der Waals surface area contributed by atoms with Crippen molar-refractivity contribution >= 4 is 22.9 Å². The van der Waals surface area contributed by atoms with Crippen LogP contribution >= 0.6 is 22.9 Å². The maximum absolute atomic E-state index is 5.92. The Morgan fingerprint density at radius 2 is 2.19 bits per heavy atom. The third-order valence-electron chi connectivity index (χ3n) is 2.37. The fraction of sp³-hybridized carbons (Fsp3) is 0.667. The SMILES string of the molecule is COCCNCC(C)(C)Cc1ccc(Cl)s1. The first-order valence-electron chi connectivity index (χ1n) is 5.47. The zero-order valence-corrected chi connectivity index (χ0v) is 11.8. The number of nitrogens with one attached hydrogen (secondary N) is 1. The highest BCUT2D eigenvalue weighted by molar-refractivity contribution is 7.16. The number of halogens is 1. The van der Waals surface area contributed by atoms with Gasteiger partial charge in [0.1, 0.15) is 0 Å². The lowest BCUT2D eigenvalue weighted by Crippen LogP contribution is -2.32. The van der Waals surface area contributed by atoms with Gasteiger partial charge in [-0.3, -0.25) is 0 Å². The minimum Gasteiger partial charge on any atom is -0.383 e. The Morgan fingerprint density at radius 3 is 2.75 bits per heavy atom. The molecule has 1 N–H and O–H groups in total. The molecule has 0 radical (unpaired) electrons. The van der Waals surface area contributed by atoms with Crippen LogP contribution in [0.5, 0.6) is 0 Å². The topological polar surface area (TPSA) is 21.3 Å². The largest absolute Gasteiger partial charge is 0.383 e. The predicted molar refractivity (Wildman–Crippen MR) is 71.6 cm³/mol. The van der Waals surface area contributed by atoms with Gasteiger partial charge < -0.3 is 10.1 Å². The molecule has 0 fully saturated rings. The fourth-order valence-corrected chi connectivity index (χ4v) is 2.93. The van der Waals surface area contributed by atoms with Crippen molar-refractivity contribution in [2.24, 2.45) is 5.41 Å². The van der Waals surface area contributed by atoms with Gasteiger partial charge in [-0.1, -0.05) is 25.4 Å². The van der Waals surface area contributed by atoms with Gasteiger partial charge in [-0.2, -0.15) is 0 Å². The van der Waals surface area contributed by atoms with Crippen LogP contribution in [0.1, 0.15) is 18.7 Å². The normalized spacial score (nSPS) is 12.0. The third-order valence-corrected chi connectivity index (χ3v) is 3.60. The summed E-state index contributed by atoms with van der Waals surface area (Å²) in [5.74, 6) is 0. The van der Waals surface area contributed by atoms with E-state index in [0.29, 0.717) is 0 Å². The van der Waals surface area contributed by atoms with Gasteiger partial charge in [-0.25, -0.2) is 0 Å². The summed E-state index contributed by atoms with van der Waals surface area (Å²) in [7, 11) is 1.72. The highest BCUT2D eigenvalue weighted by Crippen LogP contribution is 2.28. The van der Waals surface area contributed by atoms with Gasteiger partial charge in [-0.15, -0.1) is 11.3 Å². The average molecular weight is 262 g/mol. The van der Waals surface area contributed by atoms with Crippen LogP contribution in [0.4, 0.5) is 0 Å². The highest BCUT2D eigenvalue weighted by atomic mass is 35.5. The van der Waals surface area contributed by atoms with Crippen molar-refractivity contribution in [2.75, 3.05) is 26.8 Å². The summed E-state index contributed by atoms with van der Waals surface area (Å²) in [6.45, 7) is 7.19. The predicted octanol–water partition coefficient (Wildman–Crippen LogP) is 3.21. The summed E-state index contributed by atoms with van der Waals surface area (Å²) in [4.78, 5) is 1.35. The Labute approximate surface area is 107 Å². The minimum atomic E-state index is 0.252. The number of ether oxygens (including phenoxy) is 1. The summed E-state index contributed by atoms with van der Waals surface area (Å²) in [5, 5.41) is 3.40. The Morgan fingerprint density at radius 1 is 1.44 bits per heavy atom. The quantitative estimate of drug-likeness (QED) is 0.761. The van der Waals surface area contributed by atoms with Crippen LogP contribution < -0.4 is 5.32 Å². The van der Waals surface area contributed by atoms with Gasteiger partial charge in [-0.05, 0) is 24.0 Å². The summed E-state index contributed by atoms with van der Waals surface area (Å²) < 4.78 is 5.87. The molecule has 1 aromatic rings. The summed E-state index contributed by atoms with van der Waals surface area (Å²) in [6, 6.07) is 4.08. The van der Waals surface area contributed by atoms with Crippen LogP contribution in [-0.4, -0.2) is 26.8 Å². The lowest BCUT2D eigenvalue weighted by molar-refractivity contribution is 0.194. The van der Waals surface area contributed by atoms with E-state index in [9.17, 15) is 0 Å². The van der Waals surface area contributed by atoms with Gasteiger partial charge in [0.05, 0.1) is 10.9 Å². The first kappa shape index (κ1) is 14.0. The molecular formula is C12H20ClNOS. The molecule has 1 aromatic heterocycles. The molecule has 0 aliphatic rings. The van der Waals surface area contributed by atoms with Crippen LogP contribution in [0.2, 0.25) is 4.34 Å². The molecule has 0 aromatic carbocycles. The lowest BCUT2D eigenvalue weighted by atomic mass is 9.88. The second-order valence-corrected chi connectivity index (χ2v) is 6.52. The van der Waals surface area contributed by atoms with Gasteiger partial charge in [0.2, 0.25) is 0 Å². The van der Waals surface area contributed by atoms with Crippen molar-refractivity contribution in [1.82, 2.24) is 5.32 Å². The Balaban J connectivity index is 2.33. The van der Waals surface area contributed by atoms with Crippen molar-refractivity contribution < 1.29 is 4.74 Å². The van der Waals surface area contributed by atoms with Crippen molar-refractivity contribution in [3.05, 3.63) is 21.3 Å². The van der Waals surface area contributed by atoms with Crippen molar-refractivity contribution in [1.29, 1.82) is 0 Å². The molecule has 1 rings (SSSR count). The maximum atomic E-state index is 5.92. The van der Waals surface area contributed by atoms with Crippen LogP contribution in [0.3, 0.4) is 0 Å². The molecule has 4 heteroatoms. The number of hydrogen-bond acceptors (Lipinski definition) is 3. The monoisotopic (exact) mass is 261 g/mol. The van der Waals surface area contributed by atoms with Crippen LogP contribution in [0, 0.1) is 5.41 Å². The van der Waals surface area contributed by atoms with Gasteiger partial charge in [0, 0.05) is 25.1 Å². The van der Waals surface area contributed by atoms with E-state index in [0.717, 1.165) is 30.5 Å². The maximum Gasteiger partial charge on any atom is 0.0931 e. The molecule has 16 heavy (non-hydrogen) atoms. The fourth-order valence-electron chi connectivity index (χ4n) is 1.58. The molecular weight excluding hydrogens is 242 g/mol. The average Bonchev–Trinajstić information content (AvgIpc) is 2.58. The zero-order valence-electron chi connectivity index (χ0n) is 10.2. The molecule has 0 aliphatic carbocycles. The lowest BCUT2D eigenvalue weighted by Gasteiger charge is -2.24. The van der Waals surface area contributed by atoms with E-state index in [1.165, 1.54) is 4.88 Å². The van der Waals surface area contributed by atoms with E-state index < -0.39 is 0 Å². The van der Waals surface area contributed by atoms with Gasteiger partial charge >= 0.3 is 0 Å². The second-order valence-electron chi connectivity index (χ2n) is 4.72. The smallest absolute Gasteiger partial charge is 0.0931 e. The van der Waals surface area contributed by atoms with Crippen molar-refractivity contribution in [2.45, 2.75) is 20.3 Å². The molecule has 0 aliphatic heterocycles. The van der Waals surface area contributed by atoms with E-state index in [2.05, 4.69) is 25.2 Å². The third kappa shape index (κ3) is 5.30. The molecule has 0 bridgehead atoms. The summed E-state index contributed by atoms with van der Waals surface area (Å²) >= 11 is 7.59. The molecule has 1 heterocycles. The Kier molecular flexibility index (Phi) is 5.76. The molecule has 0 saturated heterocycles. The number of thiophene rings is 1. The first-order chi connectivity index (χ1) is 7.53. The summed E-state index contributed by atoms with van der Waals surface area (Å²) in [6.07, 6.45) is 1.06. The first-order valence-corrected chi connectivity index (χ1v) is 6.67. The van der Waals surface area contributed by atoms with E-state index >= 15 is 0 Å². The molecule has 2 nitrogen and oxygen atoms in total. The van der Waals surface area contributed by atoms with Gasteiger partial charge in [0.15, 0.2) is 0 Å². The van der Waals surface area contributed by atoms with Crippen molar-refractivity contribution in [3.63, 3.8) is 0 Å². The number of methoxy groups -OCH3 is 1. The summed E-state index contributed by atoms with van der Waals surface area (Å²) in [5.41, 5.74) is 0.252. The zero-order chi connectivity index (χ0) is 12.0. The van der Waals surface area contributed by atoms with E-state index in [4.69, 9.17) is 16.3 Å². The molecule has 0 saturated carbocycles. The molecule has 0 unspecified atom stereocenters. The van der Waals surface area contributed by atoms with Crippen LogP contribution in [0.25, 0.3) is 0 Å². The van der Waals surface area contributed by atoms with Crippen LogP contribution in [-0.2, 0) is 11.2 Å². The van der Waals surface area contributed by atoms with Crippen molar-refractivity contribution in [3.8, 4) is 0 Å². The Hall–Kier alpha value is -0.0900. The van der Waals surface area contributed by atoms with E-state index in [1.54, 1.807) is 18.4 Å². The molecule has 92 valence electrons. The van der Waals surface area contributed by atoms with E-state index in [-0.39, 0.29) is 5.41 Å². The van der Waals surface area contributed by atoms with Gasteiger partial charge in [0.25, 0.3) is 0 Å².